The first kappa shape index (κ1) is 14.7. The van der Waals surface area contributed by atoms with Crippen LogP contribution < -0.4 is 5.32 Å². The first-order chi connectivity index (χ1) is 10.1. The first-order valence-corrected chi connectivity index (χ1v) is 7.90. The zero-order valence-electron chi connectivity index (χ0n) is 11.2. The maximum Gasteiger partial charge on any atom is 0.128 e. The zero-order valence-corrected chi connectivity index (χ0v) is 14.3. The van der Waals surface area contributed by atoms with Crippen molar-refractivity contribution in [2.24, 2.45) is 7.05 Å². The number of aryl methyl sites for hydroxylation is 1. The minimum Gasteiger partial charge on any atom is -0.375 e. The summed E-state index contributed by atoms with van der Waals surface area (Å²) >= 11 is 15.8. The van der Waals surface area contributed by atoms with Crippen LogP contribution in [0, 0.1) is 0 Å². The lowest BCUT2D eigenvalue weighted by Crippen LogP contribution is -2.06. The van der Waals surface area contributed by atoms with Crippen LogP contribution in [0.1, 0.15) is 5.82 Å². The minimum atomic E-state index is 0.548. The molecule has 0 unspecified atom stereocenters. The average molecular weight is 385 g/mol. The number of fused-ring (bicyclic) bond motifs is 1. The summed E-state index contributed by atoms with van der Waals surface area (Å²) in [6.07, 6.45) is 0. The molecule has 0 saturated carbocycles. The van der Waals surface area contributed by atoms with Crippen LogP contribution in [0.5, 0.6) is 0 Å². The summed E-state index contributed by atoms with van der Waals surface area (Å²) < 4.78 is 2.91. The second kappa shape index (κ2) is 5.87. The number of nitrogens with one attached hydrogen (secondary N) is 1. The van der Waals surface area contributed by atoms with Gasteiger partial charge in [-0.15, -0.1) is 0 Å². The molecule has 0 bridgehead atoms. The molecule has 6 heteroatoms. The van der Waals surface area contributed by atoms with E-state index in [4.69, 9.17) is 23.2 Å². The number of anilines is 1. The van der Waals surface area contributed by atoms with Crippen LogP contribution in [-0.2, 0) is 13.6 Å². The molecule has 0 radical (unpaired) electrons. The van der Waals surface area contributed by atoms with Gasteiger partial charge in [0, 0.05) is 11.5 Å². The summed E-state index contributed by atoms with van der Waals surface area (Å²) in [5.74, 6) is 0.922. The molecule has 21 heavy (non-hydrogen) atoms. The van der Waals surface area contributed by atoms with Crippen molar-refractivity contribution in [2.75, 3.05) is 5.32 Å². The van der Waals surface area contributed by atoms with Crippen molar-refractivity contribution < 1.29 is 0 Å². The van der Waals surface area contributed by atoms with Crippen LogP contribution in [0.15, 0.2) is 40.9 Å². The number of para-hydroxylation sites is 2. The number of hydrogen-bond acceptors (Lipinski definition) is 2. The van der Waals surface area contributed by atoms with Gasteiger partial charge in [0.15, 0.2) is 0 Å². The second-order valence-electron chi connectivity index (χ2n) is 4.67. The van der Waals surface area contributed by atoms with Crippen LogP contribution in [0.3, 0.4) is 0 Å². The number of benzene rings is 2. The highest BCUT2D eigenvalue weighted by Crippen LogP contribution is 2.34. The Morgan fingerprint density at radius 1 is 1.19 bits per heavy atom. The lowest BCUT2D eigenvalue weighted by molar-refractivity contribution is 0.834. The summed E-state index contributed by atoms with van der Waals surface area (Å²) in [5.41, 5.74) is 2.79. The van der Waals surface area contributed by atoms with Crippen molar-refractivity contribution >= 4 is 55.9 Å². The highest BCUT2D eigenvalue weighted by molar-refractivity contribution is 9.10. The number of rotatable bonds is 3. The number of hydrogen-bond donors (Lipinski definition) is 1. The third kappa shape index (κ3) is 2.89. The molecular formula is C15H12BrCl2N3. The third-order valence-electron chi connectivity index (χ3n) is 3.31. The highest BCUT2D eigenvalue weighted by atomic mass is 79.9. The van der Waals surface area contributed by atoms with E-state index in [0.717, 1.165) is 21.3 Å². The van der Waals surface area contributed by atoms with Gasteiger partial charge < -0.3 is 9.88 Å². The van der Waals surface area contributed by atoms with Crippen molar-refractivity contribution in [3.63, 3.8) is 0 Å². The summed E-state index contributed by atoms with van der Waals surface area (Å²) in [6, 6.07) is 11.7. The molecule has 0 aliphatic rings. The Morgan fingerprint density at radius 2 is 1.86 bits per heavy atom. The van der Waals surface area contributed by atoms with Gasteiger partial charge in [-0.3, -0.25) is 0 Å². The molecule has 0 fully saturated rings. The van der Waals surface area contributed by atoms with E-state index in [1.807, 2.05) is 43.4 Å². The molecule has 108 valence electrons. The van der Waals surface area contributed by atoms with Gasteiger partial charge in [0.05, 0.1) is 33.3 Å². The van der Waals surface area contributed by atoms with E-state index in [9.17, 15) is 0 Å². The van der Waals surface area contributed by atoms with Crippen LogP contribution in [0.4, 0.5) is 5.69 Å². The largest absolute Gasteiger partial charge is 0.375 e. The summed E-state index contributed by atoms with van der Waals surface area (Å²) in [4.78, 5) is 4.61. The molecular weight excluding hydrogens is 373 g/mol. The molecule has 0 atom stereocenters. The van der Waals surface area contributed by atoms with Gasteiger partial charge in [-0.25, -0.2) is 4.98 Å². The van der Waals surface area contributed by atoms with E-state index < -0.39 is 0 Å². The average Bonchev–Trinajstić information content (AvgIpc) is 2.75. The molecule has 0 aliphatic carbocycles. The molecule has 3 aromatic rings. The van der Waals surface area contributed by atoms with E-state index in [-0.39, 0.29) is 0 Å². The Labute approximate surface area is 141 Å². The molecule has 0 spiro atoms. The molecule has 0 amide bonds. The Kier molecular flexibility index (Phi) is 4.11. The van der Waals surface area contributed by atoms with Crippen LogP contribution in [0.25, 0.3) is 11.0 Å². The third-order valence-corrected chi connectivity index (χ3v) is 4.36. The van der Waals surface area contributed by atoms with E-state index >= 15 is 0 Å². The number of imidazole rings is 1. The maximum absolute atomic E-state index is 6.22. The minimum absolute atomic E-state index is 0.548. The number of aromatic nitrogens is 2. The summed E-state index contributed by atoms with van der Waals surface area (Å²) in [6.45, 7) is 0.548. The number of halogens is 3. The molecule has 1 heterocycles. The fourth-order valence-corrected chi connectivity index (χ4v) is 3.57. The maximum atomic E-state index is 6.22. The van der Waals surface area contributed by atoms with Crippen molar-refractivity contribution in [2.45, 2.75) is 6.54 Å². The summed E-state index contributed by atoms with van der Waals surface area (Å²) in [7, 11) is 2.00. The van der Waals surface area contributed by atoms with Gasteiger partial charge >= 0.3 is 0 Å². The Hall–Kier alpha value is -1.23. The van der Waals surface area contributed by atoms with E-state index in [2.05, 4.69) is 30.8 Å². The van der Waals surface area contributed by atoms with E-state index in [0.29, 0.717) is 22.3 Å². The van der Waals surface area contributed by atoms with Gasteiger partial charge in [0.25, 0.3) is 0 Å². The molecule has 1 aromatic heterocycles. The molecule has 3 rings (SSSR count). The molecule has 3 nitrogen and oxygen atoms in total. The Bertz CT molecular complexity index is 791. The molecule has 0 saturated heterocycles. The molecule has 2 aromatic carbocycles. The van der Waals surface area contributed by atoms with Gasteiger partial charge in [0.1, 0.15) is 5.82 Å². The van der Waals surface area contributed by atoms with Crippen LogP contribution in [0.2, 0.25) is 10.0 Å². The fraction of sp³-hybridized carbons (Fsp3) is 0.133. The second-order valence-corrected chi connectivity index (χ2v) is 6.40. The van der Waals surface area contributed by atoms with Gasteiger partial charge in [-0.2, -0.15) is 0 Å². The van der Waals surface area contributed by atoms with E-state index in [1.54, 1.807) is 0 Å². The zero-order chi connectivity index (χ0) is 15.0. The van der Waals surface area contributed by atoms with Crippen molar-refractivity contribution in [1.29, 1.82) is 0 Å². The van der Waals surface area contributed by atoms with Crippen LogP contribution >= 0.6 is 39.1 Å². The van der Waals surface area contributed by atoms with Gasteiger partial charge in [-0.05, 0) is 24.3 Å². The monoisotopic (exact) mass is 383 g/mol. The number of nitrogens with zero attached hydrogens (tertiary/aromatic N) is 2. The smallest absolute Gasteiger partial charge is 0.128 e. The highest BCUT2D eigenvalue weighted by Gasteiger charge is 2.10. The van der Waals surface area contributed by atoms with Crippen molar-refractivity contribution in [1.82, 2.24) is 9.55 Å². The quantitative estimate of drug-likeness (QED) is 0.667. The topological polar surface area (TPSA) is 29.9 Å². The van der Waals surface area contributed by atoms with Crippen molar-refractivity contribution in [3.05, 3.63) is 56.7 Å². The Morgan fingerprint density at radius 3 is 2.52 bits per heavy atom. The van der Waals surface area contributed by atoms with Crippen molar-refractivity contribution in [3.8, 4) is 0 Å². The standard InChI is InChI=1S/C15H12BrCl2N3/c1-21-13-5-3-2-4-12(13)20-14(21)8-19-15-10(17)6-9(16)7-11(15)18/h2-7,19H,8H2,1H3. The Balaban J connectivity index is 1.89. The molecule has 0 aliphatic heterocycles. The van der Waals surface area contributed by atoms with Gasteiger partial charge in [0.2, 0.25) is 0 Å². The lowest BCUT2D eigenvalue weighted by atomic mass is 10.3. The fourth-order valence-electron chi connectivity index (χ4n) is 2.23. The van der Waals surface area contributed by atoms with E-state index in [1.165, 1.54) is 0 Å². The van der Waals surface area contributed by atoms with Crippen LogP contribution in [-0.4, -0.2) is 9.55 Å². The molecule has 1 N–H and O–H groups in total. The lowest BCUT2D eigenvalue weighted by Gasteiger charge is -2.11. The van der Waals surface area contributed by atoms with Gasteiger partial charge in [-0.1, -0.05) is 51.3 Å². The summed E-state index contributed by atoms with van der Waals surface area (Å²) in [5, 5.41) is 4.41. The SMILES string of the molecule is Cn1c(CNc2c(Cl)cc(Br)cc2Cl)nc2ccccc21. The first-order valence-electron chi connectivity index (χ1n) is 6.35. The normalized spacial score (nSPS) is 11.0. The predicted octanol–water partition coefficient (Wildman–Crippen LogP) is 5.25. The predicted molar refractivity (Wildman–Crippen MR) is 92.2 cm³/mol.